The maximum atomic E-state index is 12.6. The van der Waals surface area contributed by atoms with Crippen LogP contribution in [0.3, 0.4) is 0 Å². The van der Waals surface area contributed by atoms with Crippen LogP contribution >= 0.6 is 0 Å². The molecule has 1 aromatic carbocycles. The van der Waals surface area contributed by atoms with E-state index in [1.54, 1.807) is 26.0 Å². The molecule has 156 valence electrons. The van der Waals surface area contributed by atoms with E-state index in [1.807, 2.05) is 20.8 Å². The third-order valence-corrected chi connectivity index (χ3v) is 3.63. The fourth-order valence-electron chi connectivity index (χ4n) is 2.22. The number of rotatable bonds is 10. The van der Waals surface area contributed by atoms with Crippen molar-refractivity contribution < 1.29 is 33.3 Å². The number of hydrogen-bond donors (Lipinski definition) is 0. The van der Waals surface area contributed by atoms with E-state index in [-0.39, 0.29) is 31.2 Å². The normalized spacial score (nSPS) is 11.8. The Balaban J connectivity index is 2.56. The Labute approximate surface area is 166 Å². The van der Waals surface area contributed by atoms with Gasteiger partial charge in [0.25, 0.3) is 0 Å². The summed E-state index contributed by atoms with van der Waals surface area (Å²) in [5.41, 5.74) is -0.625. The zero-order valence-corrected chi connectivity index (χ0v) is 17.5. The van der Waals surface area contributed by atoms with Crippen molar-refractivity contribution in [3.8, 4) is 0 Å². The number of esters is 2. The summed E-state index contributed by atoms with van der Waals surface area (Å²) in [6.45, 7) is 11.0. The molecule has 1 rings (SSSR count). The lowest BCUT2D eigenvalue weighted by Crippen LogP contribution is -2.36. The predicted molar refractivity (Wildman–Crippen MR) is 103 cm³/mol. The average molecular weight is 394 g/mol. The molecule has 0 atom stereocenters. The first-order chi connectivity index (χ1) is 12.9. The van der Waals surface area contributed by atoms with Crippen molar-refractivity contribution in [2.24, 2.45) is 0 Å². The molecule has 7 heteroatoms. The molecule has 0 N–H and O–H groups in total. The second kappa shape index (κ2) is 10.3. The second-order valence-electron chi connectivity index (χ2n) is 7.70. The SMILES string of the molecule is CC(=O)OCCOC(C)(C)C(=O)c1ccc(C(=O)OCCOC(C)(C)C)cc1. The molecule has 7 nitrogen and oxygen atoms in total. The summed E-state index contributed by atoms with van der Waals surface area (Å²) >= 11 is 0. The fourth-order valence-corrected chi connectivity index (χ4v) is 2.22. The van der Waals surface area contributed by atoms with E-state index in [1.165, 1.54) is 19.1 Å². The van der Waals surface area contributed by atoms with Gasteiger partial charge in [0, 0.05) is 12.5 Å². The number of carbonyl (C=O) groups excluding carboxylic acids is 3. The van der Waals surface area contributed by atoms with Crippen LogP contribution in [0.5, 0.6) is 0 Å². The molecule has 0 saturated heterocycles. The Morgan fingerprint density at radius 1 is 0.750 bits per heavy atom. The third kappa shape index (κ3) is 8.63. The molecule has 28 heavy (non-hydrogen) atoms. The van der Waals surface area contributed by atoms with Gasteiger partial charge in [-0.3, -0.25) is 9.59 Å². The van der Waals surface area contributed by atoms with Crippen molar-refractivity contribution in [3.63, 3.8) is 0 Å². The van der Waals surface area contributed by atoms with E-state index in [9.17, 15) is 14.4 Å². The van der Waals surface area contributed by atoms with Gasteiger partial charge in [-0.2, -0.15) is 0 Å². The van der Waals surface area contributed by atoms with Crippen LogP contribution < -0.4 is 0 Å². The van der Waals surface area contributed by atoms with Crippen molar-refractivity contribution in [2.75, 3.05) is 26.4 Å². The maximum Gasteiger partial charge on any atom is 0.338 e. The molecular formula is C21H30O7. The standard InChI is InChI=1S/C21H30O7/c1-15(22)25-11-14-28-21(5,6)18(23)16-7-9-17(10-8-16)19(24)26-12-13-27-20(2,3)4/h7-10H,11-14H2,1-6H3. The highest BCUT2D eigenvalue weighted by Crippen LogP contribution is 2.18. The van der Waals surface area contributed by atoms with Gasteiger partial charge >= 0.3 is 11.9 Å². The highest BCUT2D eigenvalue weighted by molar-refractivity contribution is 6.02. The summed E-state index contributed by atoms with van der Waals surface area (Å²) in [6.07, 6.45) is 0. The first kappa shape index (κ1) is 23.8. The first-order valence-corrected chi connectivity index (χ1v) is 9.15. The van der Waals surface area contributed by atoms with Crippen LogP contribution in [0.4, 0.5) is 0 Å². The van der Waals surface area contributed by atoms with E-state index >= 15 is 0 Å². The molecule has 0 saturated carbocycles. The maximum absolute atomic E-state index is 12.6. The molecule has 0 aliphatic rings. The van der Waals surface area contributed by atoms with Crippen molar-refractivity contribution in [3.05, 3.63) is 35.4 Å². The van der Waals surface area contributed by atoms with Gasteiger partial charge < -0.3 is 18.9 Å². The summed E-state index contributed by atoms with van der Waals surface area (Å²) in [5, 5.41) is 0. The van der Waals surface area contributed by atoms with Gasteiger partial charge in [0.2, 0.25) is 0 Å². The lowest BCUT2D eigenvalue weighted by molar-refractivity contribution is -0.143. The van der Waals surface area contributed by atoms with Crippen LogP contribution in [0, 0.1) is 0 Å². The molecule has 0 spiro atoms. The lowest BCUT2D eigenvalue weighted by Gasteiger charge is -2.23. The lowest BCUT2D eigenvalue weighted by atomic mass is 9.96. The third-order valence-electron chi connectivity index (χ3n) is 3.63. The minimum absolute atomic E-state index is 0.0791. The van der Waals surface area contributed by atoms with Gasteiger partial charge in [0.05, 0.1) is 24.4 Å². The summed E-state index contributed by atoms with van der Waals surface area (Å²) in [7, 11) is 0. The minimum atomic E-state index is -1.09. The largest absolute Gasteiger partial charge is 0.463 e. The molecule has 0 aliphatic carbocycles. The topological polar surface area (TPSA) is 88.1 Å². The number of benzene rings is 1. The number of ketones is 1. The minimum Gasteiger partial charge on any atom is -0.463 e. The van der Waals surface area contributed by atoms with Gasteiger partial charge in [0.1, 0.15) is 18.8 Å². The Hall–Kier alpha value is -2.25. The van der Waals surface area contributed by atoms with E-state index < -0.39 is 17.5 Å². The molecule has 0 aromatic heterocycles. The van der Waals surface area contributed by atoms with Gasteiger partial charge in [-0.05, 0) is 46.8 Å². The van der Waals surface area contributed by atoms with E-state index in [0.717, 1.165) is 0 Å². The number of carbonyl (C=O) groups is 3. The van der Waals surface area contributed by atoms with E-state index in [0.29, 0.717) is 17.7 Å². The van der Waals surface area contributed by atoms with Crippen LogP contribution in [-0.4, -0.2) is 55.4 Å². The highest BCUT2D eigenvalue weighted by Gasteiger charge is 2.29. The summed E-state index contributed by atoms with van der Waals surface area (Å²) < 4.78 is 21.0. The van der Waals surface area contributed by atoms with Crippen LogP contribution in [0.25, 0.3) is 0 Å². The average Bonchev–Trinajstić information content (AvgIpc) is 2.61. The van der Waals surface area contributed by atoms with Crippen LogP contribution in [0.15, 0.2) is 24.3 Å². The molecular weight excluding hydrogens is 364 g/mol. The zero-order chi connectivity index (χ0) is 21.4. The monoisotopic (exact) mass is 394 g/mol. The molecule has 0 amide bonds. The number of Topliss-reactive ketones (excluding diaryl/α,β-unsaturated/α-hetero) is 1. The summed E-state index contributed by atoms with van der Waals surface area (Å²) in [5.74, 6) is -1.12. The molecule has 0 heterocycles. The van der Waals surface area contributed by atoms with Crippen LogP contribution in [0.1, 0.15) is 62.3 Å². The molecule has 0 fully saturated rings. The molecule has 0 aliphatic heterocycles. The summed E-state index contributed by atoms with van der Waals surface area (Å²) in [6, 6.07) is 6.19. The van der Waals surface area contributed by atoms with Gasteiger partial charge in [-0.15, -0.1) is 0 Å². The Morgan fingerprint density at radius 3 is 1.79 bits per heavy atom. The van der Waals surface area contributed by atoms with Gasteiger partial charge in [0.15, 0.2) is 5.78 Å². The van der Waals surface area contributed by atoms with Crippen LogP contribution in [-0.2, 0) is 23.7 Å². The quantitative estimate of drug-likeness (QED) is 0.342. The van der Waals surface area contributed by atoms with E-state index in [2.05, 4.69) is 0 Å². The molecule has 0 radical (unpaired) electrons. The number of hydrogen-bond acceptors (Lipinski definition) is 7. The van der Waals surface area contributed by atoms with Crippen molar-refractivity contribution >= 4 is 17.7 Å². The Kier molecular flexibility index (Phi) is 8.78. The smallest absolute Gasteiger partial charge is 0.338 e. The van der Waals surface area contributed by atoms with Gasteiger partial charge in [-0.1, -0.05) is 12.1 Å². The highest BCUT2D eigenvalue weighted by atomic mass is 16.6. The van der Waals surface area contributed by atoms with Crippen LogP contribution in [0.2, 0.25) is 0 Å². The van der Waals surface area contributed by atoms with Crippen molar-refractivity contribution in [2.45, 2.75) is 52.7 Å². The molecule has 0 unspecified atom stereocenters. The zero-order valence-electron chi connectivity index (χ0n) is 17.5. The Morgan fingerprint density at radius 2 is 1.25 bits per heavy atom. The molecule has 1 aromatic rings. The first-order valence-electron chi connectivity index (χ1n) is 9.15. The predicted octanol–water partition coefficient (Wildman–Crippen LogP) is 3.20. The number of ether oxygens (including phenoxy) is 4. The fraction of sp³-hybridized carbons (Fsp3) is 0.571. The Bertz CT molecular complexity index is 669. The van der Waals surface area contributed by atoms with E-state index in [4.69, 9.17) is 18.9 Å². The summed E-state index contributed by atoms with van der Waals surface area (Å²) in [4.78, 5) is 35.4. The van der Waals surface area contributed by atoms with Crippen molar-refractivity contribution in [1.29, 1.82) is 0 Å². The second-order valence-corrected chi connectivity index (χ2v) is 7.70. The molecule has 0 bridgehead atoms. The van der Waals surface area contributed by atoms with Gasteiger partial charge in [-0.25, -0.2) is 4.79 Å². The van der Waals surface area contributed by atoms with Crippen molar-refractivity contribution in [1.82, 2.24) is 0 Å².